The van der Waals surface area contributed by atoms with Crippen LogP contribution in [0.5, 0.6) is 5.75 Å². The molecule has 22 heavy (non-hydrogen) atoms. The number of hydrogen-bond donors (Lipinski definition) is 1. The van der Waals surface area contributed by atoms with Gasteiger partial charge in [-0.1, -0.05) is 13.0 Å². The third-order valence-corrected chi connectivity index (χ3v) is 6.96. The normalized spacial score (nSPS) is 39.8. The number of hydrogen-bond acceptors (Lipinski definition) is 2. The maximum Gasteiger partial charge on any atom is 0.119 e. The molecule has 0 amide bonds. The minimum atomic E-state index is -0.0693. The van der Waals surface area contributed by atoms with Crippen LogP contribution in [0.15, 0.2) is 18.2 Å². The van der Waals surface area contributed by atoms with E-state index in [4.69, 9.17) is 4.74 Å². The third kappa shape index (κ3) is 2.03. The molecule has 0 bridgehead atoms. The fraction of sp³-hybridized carbons (Fsp3) is 0.700. The molecule has 2 fully saturated rings. The molecule has 4 rings (SSSR count). The minimum Gasteiger partial charge on any atom is -0.494 e. The second-order valence-electron chi connectivity index (χ2n) is 7.85. The van der Waals surface area contributed by atoms with Crippen LogP contribution in [0, 0.1) is 17.3 Å². The number of aryl methyl sites for hydroxylation is 1. The SMILES string of the molecule is CCOc1ccc2c(c1)CC[C@H]1C3CC[C@H](O)[C@@]3(C)CC[C@H]21. The number of fused-ring (bicyclic) bond motifs is 5. The summed E-state index contributed by atoms with van der Waals surface area (Å²) in [4.78, 5) is 0. The summed E-state index contributed by atoms with van der Waals surface area (Å²) in [5.41, 5.74) is 3.27. The van der Waals surface area contributed by atoms with Gasteiger partial charge in [-0.25, -0.2) is 0 Å². The Balaban J connectivity index is 1.64. The zero-order valence-electron chi connectivity index (χ0n) is 13.8. The van der Waals surface area contributed by atoms with Crippen molar-refractivity contribution in [2.75, 3.05) is 6.61 Å². The van der Waals surface area contributed by atoms with Crippen molar-refractivity contribution >= 4 is 0 Å². The zero-order valence-corrected chi connectivity index (χ0v) is 13.8. The standard InChI is InChI=1S/C20H28O2/c1-3-22-14-5-7-15-13(12-14)4-6-17-16(15)10-11-20(2)18(17)8-9-19(20)21/h5,7,12,16-19,21H,3-4,6,8-11H2,1-2H3/t16-,17-,18?,19+,20+/m1/s1. The molecule has 1 unspecified atom stereocenters. The molecule has 0 aromatic heterocycles. The maximum atomic E-state index is 10.4. The highest BCUT2D eigenvalue weighted by molar-refractivity contribution is 5.40. The Morgan fingerprint density at radius 1 is 1.23 bits per heavy atom. The van der Waals surface area contributed by atoms with E-state index in [9.17, 15) is 5.11 Å². The van der Waals surface area contributed by atoms with Gasteiger partial charge in [0.25, 0.3) is 0 Å². The molecule has 1 aromatic carbocycles. The van der Waals surface area contributed by atoms with Gasteiger partial charge in [0.2, 0.25) is 0 Å². The molecule has 0 radical (unpaired) electrons. The van der Waals surface area contributed by atoms with Gasteiger partial charge in [0.05, 0.1) is 12.7 Å². The molecule has 0 heterocycles. The Morgan fingerprint density at radius 2 is 2.09 bits per heavy atom. The Hall–Kier alpha value is -1.02. The number of aliphatic hydroxyl groups is 1. The molecule has 120 valence electrons. The highest BCUT2D eigenvalue weighted by Gasteiger charge is 2.54. The molecule has 3 aliphatic carbocycles. The van der Waals surface area contributed by atoms with Gasteiger partial charge < -0.3 is 9.84 Å². The fourth-order valence-electron chi connectivity index (χ4n) is 5.79. The van der Waals surface area contributed by atoms with E-state index in [2.05, 4.69) is 25.1 Å². The molecule has 1 N–H and O–H groups in total. The number of benzene rings is 1. The molecule has 2 saturated carbocycles. The van der Waals surface area contributed by atoms with Gasteiger partial charge in [-0.15, -0.1) is 0 Å². The highest BCUT2D eigenvalue weighted by Crippen LogP contribution is 2.60. The minimum absolute atomic E-state index is 0.0693. The van der Waals surface area contributed by atoms with Gasteiger partial charge in [0, 0.05) is 0 Å². The van der Waals surface area contributed by atoms with Gasteiger partial charge in [-0.3, -0.25) is 0 Å². The summed E-state index contributed by atoms with van der Waals surface area (Å²) < 4.78 is 5.67. The van der Waals surface area contributed by atoms with Gasteiger partial charge in [0.15, 0.2) is 0 Å². The van der Waals surface area contributed by atoms with Crippen LogP contribution in [0.3, 0.4) is 0 Å². The van der Waals surface area contributed by atoms with Crippen molar-refractivity contribution < 1.29 is 9.84 Å². The Bertz CT molecular complexity index is 567. The van der Waals surface area contributed by atoms with Crippen LogP contribution in [-0.2, 0) is 6.42 Å². The Labute approximate surface area is 133 Å². The first-order valence-electron chi connectivity index (χ1n) is 9.07. The summed E-state index contributed by atoms with van der Waals surface area (Å²) in [6, 6.07) is 6.75. The maximum absolute atomic E-state index is 10.4. The summed E-state index contributed by atoms with van der Waals surface area (Å²) >= 11 is 0. The van der Waals surface area contributed by atoms with Crippen LogP contribution in [-0.4, -0.2) is 17.8 Å². The van der Waals surface area contributed by atoms with Crippen LogP contribution in [0.25, 0.3) is 0 Å². The number of aliphatic hydroxyl groups excluding tert-OH is 1. The monoisotopic (exact) mass is 300 g/mol. The van der Waals surface area contributed by atoms with Crippen molar-refractivity contribution in [3.63, 3.8) is 0 Å². The van der Waals surface area contributed by atoms with Crippen molar-refractivity contribution in [3.8, 4) is 5.75 Å². The van der Waals surface area contributed by atoms with Gasteiger partial charge in [-0.05, 0) is 91.9 Å². The lowest BCUT2D eigenvalue weighted by Gasteiger charge is -2.50. The summed E-state index contributed by atoms with van der Waals surface area (Å²) in [6.45, 7) is 5.13. The van der Waals surface area contributed by atoms with Crippen LogP contribution in [0.2, 0.25) is 0 Å². The number of ether oxygens (including phenoxy) is 1. The van der Waals surface area contributed by atoms with Crippen molar-refractivity contribution in [1.82, 2.24) is 0 Å². The summed E-state index contributed by atoms with van der Waals surface area (Å²) in [5.74, 6) is 3.24. The second-order valence-corrected chi connectivity index (χ2v) is 7.85. The molecule has 0 aliphatic heterocycles. The molecule has 3 aliphatic rings. The molecule has 2 nitrogen and oxygen atoms in total. The molecule has 1 aromatic rings. The average molecular weight is 300 g/mol. The molecule has 2 heteroatoms. The first-order valence-corrected chi connectivity index (χ1v) is 9.07. The van der Waals surface area contributed by atoms with E-state index in [1.54, 1.807) is 5.56 Å². The molecule has 0 spiro atoms. The average Bonchev–Trinajstić information content (AvgIpc) is 2.83. The van der Waals surface area contributed by atoms with E-state index >= 15 is 0 Å². The summed E-state index contributed by atoms with van der Waals surface area (Å²) in [5, 5.41) is 10.4. The van der Waals surface area contributed by atoms with E-state index in [1.165, 1.54) is 37.7 Å². The second kappa shape index (κ2) is 5.26. The molecular formula is C20H28O2. The van der Waals surface area contributed by atoms with Gasteiger partial charge >= 0.3 is 0 Å². The van der Waals surface area contributed by atoms with Gasteiger partial charge in [-0.2, -0.15) is 0 Å². The smallest absolute Gasteiger partial charge is 0.119 e. The van der Waals surface area contributed by atoms with E-state index in [-0.39, 0.29) is 11.5 Å². The molecular weight excluding hydrogens is 272 g/mol. The van der Waals surface area contributed by atoms with Crippen molar-refractivity contribution in [3.05, 3.63) is 29.3 Å². The van der Waals surface area contributed by atoms with Crippen LogP contribution < -0.4 is 4.74 Å². The van der Waals surface area contributed by atoms with Crippen LogP contribution in [0.4, 0.5) is 0 Å². The van der Waals surface area contributed by atoms with E-state index in [1.807, 2.05) is 6.92 Å². The van der Waals surface area contributed by atoms with Crippen LogP contribution in [0.1, 0.15) is 63.0 Å². The van der Waals surface area contributed by atoms with Crippen molar-refractivity contribution in [2.24, 2.45) is 17.3 Å². The summed E-state index contributed by atoms with van der Waals surface area (Å²) in [7, 11) is 0. The largest absolute Gasteiger partial charge is 0.494 e. The summed E-state index contributed by atoms with van der Waals surface area (Å²) in [6.07, 6.45) is 7.08. The van der Waals surface area contributed by atoms with Crippen LogP contribution >= 0.6 is 0 Å². The number of rotatable bonds is 2. The van der Waals surface area contributed by atoms with Crippen molar-refractivity contribution in [2.45, 2.75) is 64.4 Å². The predicted octanol–water partition coefficient (Wildman–Crippen LogP) is 4.30. The van der Waals surface area contributed by atoms with Crippen molar-refractivity contribution in [1.29, 1.82) is 0 Å². The first-order chi connectivity index (χ1) is 10.6. The highest BCUT2D eigenvalue weighted by atomic mass is 16.5. The lowest BCUT2D eigenvalue weighted by atomic mass is 9.55. The lowest BCUT2D eigenvalue weighted by Crippen LogP contribution is -2.43. The lowest BCUT2D eigenvalue weighted by molar-refractivity contribution is -0.0226. The zero-order chi connectivity index (χ0) is 15.3. The Kier molecular flexibility index (Phi) is 3.48. The predicted molar refractivity (Wildman–Crippen MR) is 88.2 cm³/mol. The van der Waals surface area contributed by atoms with E-state index in [0.29, 0.717) is 5.92 Å². The van der Waals surface area contributed by atoms with E-state index in [0.717, 1.165) is 30.6 Å². The van der Waals surface area contributed by atoms with E-state index < -0.39 is 0 Å². The van der Waals surface area contributed by atoms with Gasteiger partial charge in [0.1, 0.15) is 5.75 Å². The molecule has 0 saturated heterocycles. The molecule has 5 atom stereocenters. The third-order valence-electron chi connectivity index (χ3n) is 6.96. The Morgan fingerprint density at radius 3 is 2.91 bits per heavy atom. The first kappa shape index (κ1) is 14.6. The quantitative estimate of drug-likeness (QED) is 0.882. The fourth-order valence-corrected chi connectivity index (χ4v) is 5.79. The topological polar surface area (TPSA) is 29.5 Å².